The lowest BCUT2D eigenvalue weighted by Gasteiger charge is -2.16. The van der Waals surface area contributed by atoms with Crippen LogP contribution < -0.4 is 5.32 Å². The van der Waals surface area contributed by atoms with E-state index in [0.717, 1.165) is 5.56 Å². The van der Waals surface area contributed by atoms with Gasteiger partial charge in [0, 0.05) is 20.0 Å². The number of rotatable bonds is 8. The molecule has 1 N–H and O–H groups in total. The third kappa shape index (κ3) is 5.95. The smallest absolute Gasteiger partial charge is 0.338 e. The number of amidine groups is 1. The number of esters is 1. The van der Waals surface area contributed by atoms with Crippen LogP contribution in [0.2, 0.25) is 0 Å². The van der Waals surface area contributed by atoms with E-state index in [9.17, 15) is 14.4 Å². The molecule has 0 aromatic heterocycles. The molecule has 8 heteroatoms. The third-order valence-corrected chi connectivity index (χ3v) is 5.92. The number of carbonyl (C=O) groups is 3. The molecule has 3 rings (SSSR count). The molecule has 2 amide bonds. The van der Waals surface area contributed by atoms with Crippen LogP contribution in [0.3, 0.4) is 0 Å². The van der Waals surface area contributed by atoms with E-state index in [-0.39, 0.29) is 24.2 Å². The second kappa shape index (κ2) is 10.8. The van der Waals surface area contributed by atoms with Crippen molar-refractivity contribution in [1.82, 2.24) is 10.2 Å². The molecule has 1 saturated heterocycles. The summed E-state index contributed by atoms with van der Waals surface area (Å²) in [4.78, 5) is 42.9. The van der Waals surface area contributed by atoms with Crippen molar-refractivity contribution in [3.63, 3.8) is 0 Å². The van der Waals surface area contributed by atoms with Crippen LogP contribution in [0.5, 0.6) is 0 Å². The Morgan fingerprint density at radius 2 is 1.84 bits per heavy atom. The van der Waals surface area contributed by atoms with Gasteiger partial charge in [0.15, 0.2) is 5.17 Å². The highest BCUT2D eigenvalue weighted by Crippen LogP contribution is 2.32. The van der Waals surface area contributed by atoms with Gasteiger partial charge in [0.1, 0.15) is 5.25 Å². The first-order chi connectivity index (χ1) is 15.0. The van der Waals surface area contributed by atoms with Gasteiger partial charge in [-0.15, -0.1) is 0 Å². The van der Waals surface area contributed by atoms with Gasteiger partial charge in [-0.3, -0.25) is 14.5 Å². The Bertz CT molecular complexity index is 961. The molecule has 2 aromatic carbocycles. The zero-order valence-electron chi connectivity index (χ0n) is 17.5. The molecule has 0 bridgehead atoms. The summed E-state index contributed by atoms with van der Waals surface area (Å²) in [5.74, 6) is -0.692. The standard InChI is InChI=1S/C23H25N3O4S/c1-3-30-22(29)17-9-11-18(12-10-17)25-23-26(14-13-16-7-5-4-6-8-16)21(28)19(31-23)15-20(27)24-2/h4-12,19H,3,13-15H2,1-2H3,(H,24,27)/t19-/m1/s1. The van der Waals surface area contributed by atoms with Gasteiger partial charge >= 0.3 is 5.97 Å². The van der Waals surface area contributed by atoms with E-state index in [2.05, 4.69) is 10.3 Å². The molecule has 1 atom stereocenters. The lowest BCUT2D eigenvalue weighted by molar-refractivity contribution is -0.129. The first-order valence-corrected chi connectivity index (χ1v) is 11.0. The summed E-state index contributed by atoms with van der Waals surface area (Å²) in [7, 11) is 1.56. The van der Waals surface area contributed by atoms with Crippen LogP contribution in [0.1, 0.15) is 29.3 Å². The van der Waals surface area contributed by atoms with Crippen LogP contribution in [0.4, 0.5) is 5.69 Å². The van der Waals surface area contributed by atoms with Crippen molar-refractivity contribution in [2.24, 2.45) is 4.99 Å². The maximum absolute atomic E-state index is 13.0. The Hall–Kier alpha value is -3.13. The molecule has 1 aliphatic heterocycles. The molecule has 0 spiro atoms. The third-order valence-electron chi connectivity index (χ3n) is 4.74. The van der Waals surface area contributed by atoms with E-state index < -0.39 is 5.25 Å². The van der Waals surface area contributed by atoms with Crippen molar-refractivity contribution in [2.45, 2.75) is 25.0 Å². The highest BCUT2D eigenvalue weighted by Gasteiger charge is 2.38. The van der Waals surface area contributed by atoms with Crippen LogP contribution in [-0.2, 0) is 20.7 Å². The monoisotopic (exact) mass is 439 g/mol. The number of ether oxygens (including phenoxy) is 1. The number of hydrogen-bond acceptors (Lipinski definition) is 6. The molecule has 1 aliphatic rings. The molecule has 0 unspecified atom stereocenters. The molecular formula is C23H25N3O4S. The fourth-order valence-corrected chi connectivity index (χ4v) is 4.27. The summed E-state index contributed by atoms with van der Waals surface area (Å²) in [5.41, 5.74) is 2.18. The van der Waals surface area contributed by atoms with Gasteiger partial charge in [-0.1, -0.05) is 42.1 Å². The number of thioether (sulfide) groups is 1. The first kappa shape index (κ1) is 22.6. The van der Waals surface area contributed by atoms with Crippen LogP contribution >= 0.6 is 11.8 Å². The Kier molecular flexibility index (Phi) is 7.83. The van der Waals surface area contributed by atoms with Gasteiger partial charge in [0.25, 0.3) is 0 Å². The predicted octanol–water partition coefficient (Wildman–Crippen LogP) is 3.17. The van der Waals surface area contributed by atoms with E-state index in [1.54, 1.807) is 43.1 Å². The maximum atomic E-state index is 13.0. The van der Waals surface area contributed by atoms with Gasteiger partial charge < -0.3 is 10.1 Å². The van der Waals surface area contributed by atoms with Gasteiger partial charge in [-0.25, -0.2) is 9.79 Å². The normalized spacial score (nSPS) is 17.1. The van der Waals surface area contributed by atoms with Crippen molar-refractivity contribution < 1.29 is 19.1 Å². The predicted molar refractivity (Wildman–Crippen MR) is 121 cm³/mol. The Labute approximate surface area is 185 Å². The van der Waals surface area contributed by atoms with E-state index >= 15 is 0 Å². The summed E-state index contributed by atoms with van der Waals surface area (Å²) >= 11 is 1.29. The van der Waals surface area contributed by atoms with Gasteiger partial charge in [0.2, 0.25) is 11.8 Å². The Morgan fingerprint density at radius 1 is 1.13 bits per heavy atom. The summed E-state index contributed by atoms with van der Waals surface area (Å²) < 4.78 is 5.00. The molecule has 7 nitrogen and oxygen atoms in total. The molecule has 31 heavy (non-hydrogen) atoms. The minimum Gasteiger partial charge on any atom is -0.462 e. The van der Waals surface area contributed by atoms with Gasteiger partial charge in [0.05, 0.1) is 17.9 Å². The zero-order chi connectivity index (χ0) is 22.2. The SMILES string of the molecule is CCOC(=O)c1ccc(N=C2S[C@H](CC(=O)NC)C(=O)N2CCc2ccccc2)cc1. The topological polar surface area (TPSA) is 88.1 Å². The lowest BCUT2D eigenvalue weighted by atomic mass is 10.1. The Morgan fingerprint density at radius 3 is 2.48 bits per heavy atom. The van der Waals surface area contributed by atoms with Crippen molar-refractivity contribution in [3.8, 4) is 0 Å². The molecule has 0 radical (unpaired) electrons. The lowest BCUT2D eigenvalue weighted by Crippen LogP contribution is -2.35. The zero-order valence-corrected chi connectivity index (χ0v) is 18.4. The van der Waals surface area contributed by atoms with E-state index in [4.69, 9.17) is 4.74 Å². The Balaban J connectivity index is 1.80. The molecule has 1 heterocycles. The fourth-order valence-electron chi connectivity index (χ4n) is 3.08. The van der Waals surface area contributed by atoms with E-state index in [1.807, 2.05) is 30.3 Å². The van der Waals surface area contributed by atoms with Crippen LogP contribution in [0.15, 0.2) is 59.6 Å². The highest BCUT2D eigenvalue weighted by atomic mass is 32.2. The maximum Gasteiger partial charge on any atom is 0.338 e. The minimum atomic E-state index is -0.506. The summed E-state index contributed by atoms with van der Waals surface area (Å²) in [5, 5.41) is 2.62. The molecule has 0 aliphatic carbocycles. The van der Waals surface area contributed by atoms with Gasteiger partial charge in [-0.2, -0.15) is 0 Å². The van der Waals surface area contributed by atoms with Crippen LogP contribution in [0.25, 0.3) is 0 Å². The largest absolute Gasteiger partial charge is 0.462 e. The second-order valence-electron chi connectivity index (χ2n) is 6.87. The summed E-state index contributed by atoms with van der Waals surface area (Å²) in [6.45, 7) is 2.54. The summed E-state index contributed by atoms with van der Waals surface area (Å²) in [6.07, 6.45) is 0.781. The average molecular weight is 440 g/mol. The van der Waals surface area contributed by atoms with Crippen LogP contribution in [-0.4, -0.2) is 53.3 Å². The number of hydrogen-bond donors (Lipinski definition) is 1. The number of nitrogens with one attached hydrogen (secondary N) is 1. The molecular weight excluding hydrogens is 414 g/mol. The quantitative estimate of drug-likeness (QED) is 0.639. The number of aliphatic imine (C=N–C) groups is 1. The number of carbonyl (C=O) groups excluding carboxylic acids is 3. The number of benzene rings is 2. The van der Waals surface area contributed by atoms with Crippen molar-refractivity contribution in [2.75, 3.05) is 20.2 Å². The molecule has 162 valence electrons. The van der Waals surface area contributed by atoms with E-state index in [1.165, 1.54) is 11.8 Å². The van der Waals surface area contributed by atoms with Crippen molar-refractivity contribution in [1.29, 1.82) is 0 Å². The fraction of sp³-hybridized carbons (Fsp3) is 0.304. The van der Waals surface area contributed by atoms with Gasteiger partial charge in [-0.05, 0) is 43.2 Å². The van der Waals surface area contributed by atoms with Crippen LogP contribution in [0, 0.1) is 0 Å². The first-order valence-electron chi connectivity index (χ1n) is 10.1. The number of nitrogens with zero attached hydrogens (tertiary/aromatic N) is 2. The minimum absolute atomic E-state index is 0.0999. The van der Waals surface area contributed by atoms with Crippen molar-refractivity contribution >= 4 is 40.4 Å². The molecule has 2 aromatic rings. The molecule has 0 saturated carbocycles. The highest BCUT2D eigenvalue weighted by molar-refractivity contribution is 8.15. The van der Waals surface area contributed by atoms with Crippen molar-refractivity contribution in [3.05, 3.63) is 65.7 Å². The average Bonchev–Trinajstić information content (AvgIpc) is 3.07. The van der Waals surface area contributed by atoms with E-state index in [0.29, 0.717) is 36.0 Å². The second-order valence-corrected chi connectivity index (χ2v) is 8.04. The number of amides is 2. The summed E-state index contributed by atoms with van der Waals surface area (Å²) in [6, 6.07) is 16.6. The molecule has 1 fully saturated rings.